The molecule has 1 aromatic carbocycles. The van der Waals surface area contributed by atoms with Crippen molar-refractivity contribution in [3.63, 3.8) is 0 Å². The zero-order chi connectivity index (χ0) is 17.2. The van der Waals surface area contributed by atoms with Crippen LogP contribution in [0.1, 0.15) is 17.5 Å². The lowest BCUT2D eigenvalue weighted by atomic mass is 10.1. The van der Waals surface area contributed by atoms with Gasteiger partial charge in [0.2, 0.25) is 5.95 Å². The molecule has 3 rings (SSSR count). The van der Waals surface area contributed by atoms with E-state index in [1.807, 2.05) is 4.90 Å². The summed E-state index contributed by atoms with van der Waals surface area (Å²) in [5, 5.41) is 3.19. The van der Waals surface area contributed by atoms with Gasteiger partial charge in [0, 0.05) is 25.7 Å². The summed E-state index contributed by atoms with van der Waals surface area (Å²) in [7, 11) is 0. The van der Waals surface area contributed by atoms with E-state index in [0.717, 1.165) is 24.7 Å². The van der Waals surface area contributed by atoms with E-state index in [-0.39, 0.29) is 18.2 Å². The monoisotopic (exact) mass is 339 g/mol. The number of pyridine rings is 1. The van der Waals surface area contributed by atoms with E-state index >= 15 is 0 Å². The average molecular weight is 339 g/mol. The van der Waals surface area contributed by atoms with Crippen LogP contribution in [0.3, 0.4) is 0 Å². The Balaban J connectivity index is 1.60. The number of hydrogen-bond donors (Lipinski definition) is 1. The van der Waals surface area contributed by atoms with Gasteiger partial charge in [-0.2, -0.15) is 17.6 Å². The summed E-state index contributed by atoms with van der Waals surface area (Å²) in [6, 6.07) is 8.63. The predicted molar refractivity (Wildman–Crippen MR) is 83.1 cm³/mol. The fraction of sp³-hybridized carbons (Fsp3) is 0.353. The molecule has 1 unspecified atom stereocenters. The maximum Gasteiger partial charge on any atom is 0.416 e. The molecule has 3 nitrogen and oxygen atoms in total. The minimum absolute atomic E-state index is 0.0799. The van der Waals surface area contributed by atoms with Gasteiger partial charge in [-0.05, 0) is 30.2 Å². The van der Waals surface area contributed by atoms with Gasteiger partial charge in [-0.3, -0.25) is 0 Å². The quantitative estimate of drug-likeness (QED) is 0.681. The van der Waals surface area contributed by atoms with Gasteiger partial charge >= 0.3 is 6.18 Å². The van der Waals surface area contributed by atoms with Gasteiger partial charge < -0.3 is 10.2 Å². The van der Waals surface area contributed by atoms with Crippen molar-refractivity contribution < 1.29 is 17.6 Å². The van der Waals surface area contributed by atoms with E-state index < -0.39 is 17.7 Å². The molecule has 2 heterocycles. The molecule has 7 heteroatoms. The molecule has 24 heavy (non-hydrogen) atoms. The molecule has 1 aliphatic heterocycles. The zero-order valence-electron chi connectivity index (χ0n) is 12.9. The normalized spacial score (nSPS) is 18.2. The average Bonchev–Trinajstić information content (AvgIpc) is 3.02. The molecule has 1 fully saturated rings. The lowest BCUT2D eigenvalue weighted by Crippen LogP contribution is -2.32. The highest BCUT2D eigenvalue weighted by atomic mass is 19.4. The molecule has 0 radical (unpaired) electrons. The van der Waals surface area contributed by atoms with Crippen molar-refractivity contribution in [1.82, 2.24) is 10.3 Å². The number of halogens is 4. The predicted octanol–water partition coefficient (Wildman–Crippen LogP) is 3.61. The number of alkyl halides is 3. The number of hydrogen-bond acceptors (Lipinski definition) is 3. The highest BCUT2D eigenvalue weighted by Crippen LogP contribution is 2.32. The van der Waals surface area contributed by atoms with Crippen molar-refractivity contribution in [3.05, 3.63) is 59.7 Å². The smallest absolute Gasteiger partial charge is 0.369 e. The molecule has 1 aliphatic rings. The second kappa shape index (κ2) is 6.76. The van der Waals surface area contributed by atoms with Crippen LogP contribution in [0.2, 0.25) is 0 Å². The second-order valence-electron chi connectivity index (χ2n) is 5.81. The number of aromatic nitrogens is 1. The molecule has 1 N–H and O–H groups in total. The van der Waals surface area contributed by atoms with E-state index in [0.29, 0.717) is 6.54 Å². The summed E-state index contributed by atoms with van der Waals surface area (Å²) in [6.45, 7) is 1.57. The Hall–Kier alpha value is -2.15. The van der Waals surface area contributed by atoms with Gasteiger partial charge in [0.25, 0.3) is 0 Å². The topological polar surface area (TPSA) is 28.2 Å². The Labute approximate surface area is 137 Å². The molecular weight excluding hydrogens is 322 g/mol. The van der Waals surface area contributed by atoms with Gasteiger partial charge in [0.05, 0.1) is 17.4 Å². The number of nitrogens with zero attached hydrogens (tertiary/aromatic N) is 2. The molecule has 2 aromatic rings. The van der Waals surface area contributed by atoms with Crippen LogP contribution in [-0.4, -0.2) is 24.1 Å². The van der Waals surface area contributed by atoms with E-state index in [4.69, 9.17) is 0 Å². The molecule has 0 saturated carbocycles. The zero-order valence-corrected chi connectivity index (χ0v) is 12.9. The molecule has 128 valence electrons. The van der Waals surface area contributed by atoms with Crippen molar-refractivity contribution in [3.8, 4) is 0 Å². The molecule has 0 spiro atoms. The van der Waals surface area contributed by atoms with Crippen LogP contribution in [-0.2, 0) is 12.7 Å². The third kappa shape index (κ3) is 3.84. The van der Waals surface area contributed by atoms with Gasteiger partial charge in [0.15, 0.2) is 0 Å². The van der Waals surface area contributed by atoms with E-state index in [9.17, 15) is 17.6 Å². The molecule has 1 saturated heterocycles. The first kappa shape index (κ1) is 16.7. The minimum atomic E-state index is -4.35. The first-order valence-electron chi connectivity index (χ1n) is 7.68. The SMILES string of the molecule is Fc1ccc(N2CCC(NCc3ccccc3C(F)(F)F)C2)cn1. The first-order chi connectivity index (χ1) is 11.4. The summed E-state index contributed by atoms with van der Waals surface area (Å²) in [4.78, 5) is 5.67. The van der Waals surface area contributed by atoms with Gasteiger partial charge in [0.1, 0.15) is 0 Å². The molecule has 0 amide bonds. The summed E-state index contributed by atoms with van der Waals surface area (Å²) in [6.07, 6.45) is -2.07. The number of rotatable bonds is 4. The second-order valence-corrected chi connectivity index (χ2v) is 5.81. The third-order valence-electron chi connectivity index (χ3n) is 4.17. The minimum Gasteiger partial charge on any atom is -0.369 e. The first-order valence-corrected chi connectivity index (χ1v) is 7.68. The van der Waals surface area contributed by atoms with Crippen molar-refractivity contribution in [2.45, 2.75) is 25.2 Å². The molecular formula is C17H17F4N3. The molecule has 0 bridgehead atoms. The van der Waals surface area contributed by atoms with Crippen LogP contribution in [0, 0.1) is 5.95 Å². The van der Waals surface area contributed by atoms with Crippen LogP contribution < -0.4 is 10.2 Å². The number of anilines is 1. The third-order valence-corrected chi connectivity index (χ3v) is 4.17. The molecule has 1 aromatic heterocycles. The Morgan fingerprint density at radius 1 is 1.17 bits per heavy atom. The lowest BCUT2D eigenvalue weighted by Gasteiger charge is -2.19. The molecule has 1 atom stereocenters. The maximum absolute atomic E-state index is 13.0. The van der Waals surface area contributed by atoms with E-state index in [2.05, 4.69) is 10.3 Å². The van der Waals surface area contributed by atoms with Gasteiger partial charge in [-0.15, -0.1) is 0 Å². The standard InChI is InChI=1S/C17H17F4N3/c18-16-6-5-14(10-23-16)24-8-7-13(11-24)22-9-12-3-1-2-4-15(12)17(19,20)21/h1-6,10,13,22H,7-9,11H2. The Morgan fingerprint density at radius 2 is 1.96 bits per heavy atom. The van der Waals surface area contributed by atoms with Crippen LogP contribution >= 0.6 is 0 Å². The maximum atomic E-state index is 13.0. The highest BCUT2D eigenvalue weighted by Gasteiger charge is 2.33. The lowest BCUT2D eigenvalue weighted by molar-refractivity contribution is -0.138. The Kier molecular flexibility index (Phi) is 4.71. The van der Waals surface area contributed by atoms with Crippen molar-refractivity contribution >= 4 is 5.69 Å². The summed E-state index contributed by atoms with van der Waals surface area (Å²) in [5.74, 6) is -0.531. The van der Waals surface area contributed by atoms with Crippen LogP contribution in [0.25, 0.3) is 0 Å². The van der Waals surface area contributed by atoms with Crippen molar-refractivity contribution in [2.75, 3.05) is 18.0 Å². The Morgan fingerprint density at radius 3 is 2.67 bits per heavy atom. The number of nitrogens with one attached hydrogen (secondary N) is 1. The largest absolute Gasteiger partial charge is 0.416 e. The van der Waals surface area contributed by atoms with Crippen molar-refractivity contribution in [1.29, 1.82) is 0 Å². The Bertz CT molecular complexity index is 685. The van der Waals surface area contributed by atoms with Gasteiger partial charge in [-0.25, -0.2) is 4.98 Å². The fourth-order valence-electron chi connectivity index (χ4n) is 2.92. The van der Waals surface area contributed by atoms with Gasteiger partial charge in [-0.1, -0.05) is 18.2 Å². The van der Waals surface area contributed by atoms with Crippen LogP contribution in [0.4, 0.5) is 23.2 Å². The summed E-state index contributed by atoms with van der Waals surface area (Å²) >= 11 is 0. The van der Waals surface area contributed by atoms with E-state index in [1.54, 1.807) is 12.1 Å². The van der Waals surface area contributed by atoms with Crippen molar-refractivity contribution in [2.24, 2.45) is 0 Å². The van der Waals surface area contributed by atoms with Crippen LogP contribution in [0.5, 0.6) is 0 Å². The fourth-order valence-corrected chi connectivity index (χ4v) is 2.92. The summed E-state index contributed by atoms with van der Waals surface area (Å²) < 4.78 is 51.8. The number of benzene rings is 1. The molecule has 0 aliphatic carbocycles. The highest BCUT2D eigenvalue weighted by molar-refractivity contribution is 5.45. The summed E-state index contributed by atoms with van der Waals surface area (Å²) in [5.41, 5.74) is 0.457. The van der Waals surface area contributed by atoms with Crippen LogP contribution in [0.15, 0.2) is 42.6 Å². The van der Waals surface area contributed by atoms with E-state index in [1.165, 1.54) is 24.4 Å².